The van der Waals surface area contributed by atoms with Gasteiger partial charge in [0.2, 0.25) is 5.91 Å². The fraction of sp³-hybridized carbons (Fsp3) is 0.385. The van der Waals surface area contributed by atoms with Crippen LogP contribution in [0.4, 0.5) is 11.4 Å². The van der Waals surface area contributed by atoms with E-state index in [0.717, 1.165) is 5.69 Å². The van der Waals surface area contributed by atoms with Crippen molar-refractivity contribution in [3.8, 4) is 0 Å². The number of carbonyl (C=O) groups is 2. The van der Waals surface area contributed by atoms with Crippen molar-refractivity contribution in [1.29, 1.82) is 0 Å². The van der Waals surface area contributed by atoms with Crippen molar-refractivity contribution in [2.45, 2.75) is 26.4 Å². The molecule has 1 aliphatic rings. The highest BCUT2D eigenvalue weighted by atomic mass is 16.6. The van der Waals surface area contributed by atoms with Gasteiger partial charge in [-0.2, -0.15) is 0 Å². The van der Waals surface area contributed by atoms with Gasteiger partial charge in [-0.05, 0) is 39.0 Å². The molecule has 5 nitrogen and oxygen atoms in total. The van der Waals surface area contributed by atoms with Gasteiger partial charge in [0.25, 0.3) is 0 Å². The van der Waals surface area contributed by atoms with Gasteiger partial charge in [-0.25, -0.2) is 4.79 Å². The number of rotatable bonds is 1. The first-order valence-electron chi connectivity index (χ1n) is 5.76. The van der Waals surface area contributed by atoms with Crippen molar-refractivity contribution in [3.63, 3.8) is 0 Å². The van der Waals surface area contributed by atoms with Crippen LogP contribution in [0, 0.1) is 0 Å². The molecule has 0 atom stereocenters. The number of carbonyl (C=O) groups excluding carboxylic acids is 2. The Bertz CT molecular complexity index is 503. The third-order valence-corrected chi connectivity index (χ3v) is 2.37. The molecule has 1 aliphatic heterocycles. The van der Waals surface area contributed by atoms with Crippen LogP contribution in [0.25, 0.3) is 0 Å². The van der Waals surface area contributed by atoms with E-state index in [9.17, 15) is 9.59 Å². The third kappa shape index (κ3) is 2.80. The molecule has 0 spiro atoms. The van der Waals surface area contributed by atoms with E-state index in [4.69, 9.17) is 4.74 Å². The number of nitrogens with one attached hydrogen (secondary N) is 2. The maximum absolute atomic E-state index is 11.9. The molecule has 0 unspecified atom stereocenters. The minimum atomic E-state index is -0.519. The van der Waals surface area contributed by atoms with Crippen LogP contribution in [0.2, 0.25) is 0 Å². The highest BCUT2D eigenvalue weighted by Gasteiger charge is 2.20. The molecule has 0 saturated heterocycles. The highest BCUT2D eigenvalue weighted by molar-refractivity contribution is 6.02. The highest BCUT2D eigenvalue weighted by Crippen LogP contribution is 2.26. The number of anilines is 2. The fourth-order valence-corrected chi connectivity index (χ4v) is 1.63. The van der Waals surface area contributed by atoms with Crippen molar-refractivity contribution in [2.75, 3.05) is 17.2 Å². The van der Waals surface area contributed by atoms with Crippen molar-refractivity contribution in [1.82, 2.24) is 0 Å². The largest absolute Gasteiger partial charge is 0.456 e. The van der Waals surface area contributed by atoms with E-state index >= 15 is 0 Å². The molecule has 1 heterocycles. The zero-order valence-corrected chi connectivity index (χ0v) is 10.7. The van der Waals surface area contributed by atoms with Gasteiger partial charge in [0.15, 0.2) is 0 Å². The lowest BCUT2D eigenvalue weighted by Crippen LogP contribution is -2.28. The molecule has 0 bridgehead atoms. The summed E-state index contributed by atoms with van der Waals surface area (Å²) in [6.07, 6.45) is 0. The summed E-state index contributed by atoms with van der Waals surface area (Å²) in [5.74, 6) is -0.462. The second-order valence-corrected chi connectivity index (χ2v) is 5.16. The number of amides is 1. The van der Waals surface area contributed by atoms with Gasteiger partial charge in [0.05, 0.1) is 23.5 Å². The Morgan fingerprint density at radius 1 is 1.28 bits per heavy atom. The van der Waals surface area contributed by atoms with Gasteiger partial charge in [-0.3, -0.25) is 4.79 Å². The van der Waals surface area contributed by atoms with Crippen molar-refractivity contribution in [2.24, 2.45) is 0 Å². The van der Waals surface area contributed by atoms with E-state index in [2.05, 4.69) is 10.6 Å². The van der Waals surface area contributed by atoms with E-state index in [-0.39, 0.29) is 18.4 Å². The van der Waals surface area contributed by atoms with Gasteiger partial charge < -0.3 is 15.4 Å². The van der Waals surface area contributed by atoms with Crippen LogP contribution >= 0.6 is 0 Å². The summed E-state index contributed by atoms with van der Waals surface area (Å²) in [7, 11) is 0. The predicted molar refractivity (Wildman–Crippen MR) is 68.7 cm³/mol. The summed E-state index contributed by atoms with van der Waals surface area (Å²) in [5.41, 5.74) is 1.36. The Kier molecular flexibility index (Phi) is 2.98. The van der Waals surface area contributed by atoms with Gasteiger partial charge >= 0.3 is 5.97 Å². The normalized spacial score (nSPS) is 14.3. The molecule has 0 saturated carbocycles. The van der Waals surface area contributed by atoms with E-state index < -0.39 is 5.60 Å². The van der Waals surface area contributed by atoms with E-state index in [1.54, 1.807) is 18.2 Å². The van der Waals surface area contributed by atoms with Gasteiger partial charge in [0.1, 0.15) is 5.60 Å². The molecule has 1 amide bonds. The lowest BCUT2D eigenvalue weighted by atomic mass is 10.1. The molecule has 0 aliphatic carbocycles. The monoisotopic (exact) mass is 248 g/mol. The molecule has 1 aromatic carbocycles. The van der Waals surface area contributed by atoms with Crippen LogP contribution in [0.15, 0.2) is 18.2 Å². The minimum absolute atomic E-state index is 0.0903. The number of esters is 1. The number of benzene rings is 1. The Labute approximate surface area is 106 Å². The van der Waals surface area contributed by atoms with Crippen LogP contribution in [-0.4, -0.2) is 24.0 Å². The smallest absolute Gasteiger partial charge is 0.338 e. The zero-order chi connectivity index (χ0) is 13.3. The van der Waals surface area contributed by atoms with Gasteiger partial charge in [-0.15, -0.1) is 0 Å². The number of hydrogen-bond donors (Lipinski definition) is 2. The average Bonchev–Trinajstić information content (AvgIpc) is 2.26. The van der Waals surface area contributed by atoms with Crippen LogP contribution in [-0.2, 0) is 9.53 Å². The summed E-state index contributed by atoms with van der Waals surface area (Å²) in [4.78, 5) is 23.0. The summed E-state index contributed by atoms with van der Waals surface area (Å²) < 4.78 is 5.28. The third-order valence-electron chi connectivity index (χ3n) is 2.37. The molecule has 1 aromatic rings. The van der Waals surface area contributed by atoms with Crippen LogP contribution < -0.4 is 10.6 Å². The molecule has 5 heteroatoms. The second-order valence-electron chi connectivity index (χ2n) is 5.16. The van der Waals surface area contributed by atoms with Crippen molar-refractivity contribution < 1.29 is 14.3 Å². The predicted octanol–water partition coefficient (Wildman–Crippen LogP) is 2.01. The number of hydrogen-bond acceptors (Lipinski definition) is 4. The van der Waals surface area contributed by atoms with Gasteiger partial charge in [-0.1, -0.05) is 0 Å². The Balaban J connectivity index is 2.21. The van der Waals surface area contributed by atoms with E-state index in [1.807, 2.05) is 20.8 Å². The molecular weight excluding hydrogens is 232 g/mol. The first-order valence-corrected chi connectivity index (χ1v) is 5.76. The van der Waals surface area contributed by atoms with E-state index in [1.165, 1.54) is 0 Å². The maximum Gasteiger partial charge on any atom is 0.338 e. The molecule has 2 N–H and O–H groups in total. The standard InChI is InChI=1S/C13H16N2O3/c1-13(2,3)18-12(17)8-4-5-9-10(6-8)14-7-11(16)15-9/h4-6,14H,7H2,1-3H3,(H,15,16). The zero-order valence-electron chi connectivity index (χ0n) is 10.7. The number of fused-ring (bicyclic) bond motifs is 1. The Morgan fingerprint density at radius 3 is 2.67 bits per heavy atom. The lowest BCUT2D eigenvalue weighted by Gasteiger charge is -2.21. The van der Waals surface area contributed by atoms with Crippen molar-refractivity contribution >= 4 is 23.3 Å². The SMILES string of the molecule is CC(C)(C)OC(=O)c1ccc2c(c1)NCC(=O)N2. The molecule has 18 heavy (non-hydrogen) atoms. The summed E-state index contributed by atoms with van der Waals surface area (Å²) in [6.45, 7) is 5.68. The quantitative estimate of drug-likeness (QED) is 0.746. The summed E-state index contributed by atoms with van der Waals surface area (Å²) in [5, 5.41) is 5.67. The first-order chi connectivity index (χ1) is 8.35. The van der Waals surface area contributed by atoms with Crippen LogP contribution in [0.1, 0.15) is 31.1 Å². The molecular formula is C13H16N2O3. The first kappa shape index (κ1) is 12.4. The maximum atomic E-state index is 11.9. The van der Waals surface area contributed by atoms with Crippen molar-refractivity contribution in [3.05, 3.63) is 23.8 Å². The molecule has 0 fully saturated rings. The topological polar surface area (TPSA) is 67.4 Å². The average molecular weight is 248 g/mol. The minimum Gasteiger partial charge on any atom is -0.456 e. The Hall–Kier alpha value is -2.04. The van der Waals surface area contributed by atoms with Gasteiger partial charge in [0, 0.05) is 0 Å². The molecule has 0 aromatic heterocycles. The van der Waals surface area contributed by atoms with Crippen LogP contribution in [0.3, 0.4) is 0 Å². The fourth-order valence-electron chi connectivity index (χ4n) is 1.63. The lowest BCUT2D eigenvalue weighted by molar-refractivity contribution is -0.114. The van der Waals surface area contributed by atoms with E-state index in [0.29, 0.717) is 11.3 Å². The number of ether oxygens (including phenoxy) is 1. The van der Waals surface area contributed by atoms with Crippen LogP contribution in [0.5, 0.6) is 0 Å². The molecule has 2 rings (SSSR count). The molecule has 96 valence electrons. The summed E-state index contributed by atoms with van der Waals surface area (Å²) in [6, 6.07) is 5.02. The molecule has 0 radical (unpaired) electrons. The second kappa shape index (κ2) is 4.33. The summed E-state index contributed by atoms with van der Waals surface area (Å²) >= 11 is 0. The Morgan fingerprint density at radius 2 is 2.00 bits per heavy atom.